The molecule has 0 aliphatic heterocycles. The molecule has 0 heterocycles. The Bertz CT molecular complexity index is 92.1. The first-order chi connectivity index (χ1) is 6.27. The van der Waals surface area contributed by atoms with Crippen molar-refractivity contribution in [2.75, 3.05) is 0 Å². The first-order valence-corrected chi connectivity index (χ1v) is 9.52. The van der Waals surface area contributed by atoms with Crippen molar-refractivity contribution in [2.45, 2.75) is 70.9 Å². The zero-order chi connectivity index (χ0) is 9.94. The lowest BCUT2D eigenvalue weighted by molar-refractivity contribution is 0.584. The fourth-order valence-electron chi connectivity index (χ4n) is 1.52. The van der Waals surface area contributed by atoms with Gasteiger partial charge in [0, 0.05) is 18.1 Å². The first kappa shape index (κ1) is 13.4. The normalized spacial score (nSPS) is 11.1. The van der Waals surface area contributed by atoms with E-state index in [0.717, 1.165) is 0 Å². The molecule has 0 rings (SSSR count). The molecule has 0 aliphatic carbocycles. The summed E-state index contributed by atoms with van der Waals surface area (Å²) in [6.07, 6.45) is 11.6. The van der Waals surface area contributed by atoms with E-state index in [1.165, 1.54) is 57.4 Å². The summed E-state index contributed by atoms with van der Waals surface area (Å²) in [5.74, 6) is 0. The Balaban J connectivity index is 2.84. The van der Waals surface area contributed by atoms with Gasteiger partial charge in [-0.15, -0.1) is 0 Å². The minimum Gasteiger partial charge on any atom is -0.0738 e. The van der Waals surface area contributed by atoms with E-state index < -0.39 is 0 Å². The second-order valence-corrected chi connectivity index (χ2v) is 8.63. The highest BCUT2D eigenvalue weighted by atomic mass is 29.1. The molecule has 0 nitrogen and oxygen atoms in total. The number of hydrogen-bond acceptors (Lipinski definition) is 0. The van der Waals surface area contributed by atoms with Crippen molar-refractivity contribution < 1.29 is 0 Å². The molecule has 4 radical (unpaired) electrons. The van der Waals surface area contributed by atoms with E-state index >= 15 is 0 Å². The van der Waals surface area contributed by atoms with Gasteiger partial charge in [0.05, 0.1) is 0 Å². The predicted molar refractivity (Wildman–Crippen MR) is 64.8 cm³/mol. The van der Waals surface area contributed by atoms with E-state index in [9.17, 15) is 0 Å². The lowest BCUT2D eigenvalue weighted by Crippen LogP contribution is -2.04. The second kappa shape index (κ2) is 10.5. The molecule has 76 valence electrons. The molecule has 0 aromatic rings. The van der Waals surface area contributed by atoms with Gasteiger partial charge in [0.2, 0.25) is 0 Å². The van der Waals surface area contributed by atoms with Crippen molar-refractivity contribution in [1.29, 1.82) is 0 Å². The summed E-state index contributed by atoms with van der Waals surface area (Å²) in [6.45, 7) is 4.61. The fourth-order valence-corrected chi connectivity index (χ4v) is 2.83. The zero-order valence-corrected chi connectivity index (χ0v) is 11.4. The third-order valence-corrected chi connectivity index (χ3v) is 4.26. The van der Waals surface area contributed by atoms with Crippen molar-refractivity contribution in [1.82, 2.24) is 0 Å². The maximum Gasteiger partial charge on any atom is 0.0271 e. The van der Waals surface area contributed by atoms with Crippen molar-refractivity contribution >= 4 is 18.1 Å². The van der Waals surface area contributed by atoms with Crippen LogP contribution in [0.5, 0.6) is 0 Å². The monoisotopic (exact) mass is 212 g/mol. The van der Waals surface area contributed by atoms with E-state index in [0.29, 0.717) is 0 Å². The van der Waals surface area contributed by atoms with Crippen LogP contribution in [0.15, 0.2) is 0 Å². The molecular formula is C11H24Si2. The van der Waals surface area contributed by atoms with Crippen LogP contribution in [-0.4, -0.2) is 18.1 Å². The van der Waals surface area contributed by atoms with Crippen molar-refractivity contribution in [3.05, 3.63) is 0 Å². The van der Waals surface area contributed by atoms with Crippen LogP contribution in [0.3, 0.4) is 0 Å². The number of hydrogen-bond donors (Lipinski definition) is 0. The van der Waals surface area contributed by atoms with Crippen LogP contribution in [0.1, 0.15) is 58.3 Å². The van der Waals surface area contributed by atoms with Gasteiger partial charge in [-0.3, -0.25) is 0 Å². The molecule has 0 bridgehead atoms. The van der Waals surface area contributed by atoms with Gasteiger partial charge in [0.1, 0.15) is 0 Å². The van der Waals surface area contributed by atoms with E-state index in [1.54, 1.807) is 0 Å². The molecule has 0 N–H and O–H groups in total. The largest absolute Gasteiger partial charge is 0.0738 e. The third-order valence-electron chi connectivity index (χ3n) is 2.41. The van der Waals surface area contributed by atoms with E-state index in [2.05, 4.69) is 23.2 Å². The highest BCUT2D eigenvalue weighted by Crippen LogP contribution is 2.10. The zero-order valence-electron chi connectivity index (χ0n) is 9.36. The third kappa shape index (κ3) is 12.4. The molecule has 0 unspecified atom stereocenters. The SMILES string of the molecule is CCCCCCCCCC[Si](C)[Si]. The van der Waals surface area contributed by atoms with Crippen LogP contribution < -0.4 is 0 Å². The van der Waals surface area contributed by atoms with Gasteiger partial charge in [-0.2, -0.15) is 0 Å². The Kier molecular flexibility index (Phi) is 10.9. The van der Waals surface area contributed by atoms with Gasteiger partial charge in [-0.25, -0.2) is 0 Å². The quantitative estimate of drug-likeness (QED) is 0.401. The van der Waals surface area contributed by atoms with Crippen LogP contribution in [0, 0.1) is 0 Å². The Labute approximate surface area is 89.3 Å². The molecule has 0 atom stereocenters. The van der Waals surface area contributed by atoms with Crippen molar-refractivity contribution in [2.24, 2.45) is 0 Å². The summed E-state index contributed by atoms with van der Waals surface area (Å²) in [6, 6.07) is 1.44. The first-order valence-electron chi connectivity index (χ1n) is 5.81. The van der Waals surface area contributed by atoms with Crippen LogP contribution in [0.2, 0.25) is 12.6 Å². The van der Waals surface area contributed by atoms with Gasteiger partial charge in [0.15, 0.2) is 0 Å². The Morgan fingerprint density at radius 2 is 1.31 bits per heavy atom. The average molecular weight is 212 g/mol. The number of rotatable bonds is 9. The van der Waals surface area contributed by atoms with E-state index in [-0.39, 0.29) is 8.31 Å². The molecule has 0 fully saturated rings. The predicted octanol–water partition coefficient (Wildman–Crippen LogP) is 3.92. The Hall–Kier alpha value is 0.434. The second-order valence-electron chi connectivity index (χ2n) is 4.01. The molecule has 0 aromatic heterocycles. The molecular weight excluding hydrogens is 188 g/mol. The summed E-state index contributed by atoms with van der Waals surface area (Å²) in [5.41, 5.74) is 0. The van der Waals surface area contributed by atoms with Gasteiger partial charge < -0.3 is 0 Å². The molecule has 0 saturated heterocycles. The van der Waals surface area contributed by atoms with Gasteiger partial charge in [-0.05, 0) is 0 Å². The van der Waals surface area contributed by atoms with Crippen LogP contribution in [0.25, 0.3) is 0 Å². The van der Waals surface area contributed by atoms with Gasteiger partial charge in [-0.1, -0.05) is 70.9 Å². The number of unbranched alkanes of at least 4 members (excludes halogenated alkanes) is 7. The maximum atomic E-state index is 3.73. The topological polar surface area (TPSA) is 0 Å². The summed E-state index contributed by atoms with van der Waals surface area (Å²) >= 11 is 0. The average Bonchev–Trinajstić information content (AvgIpc) is 2.09. The summed E-state index contributed by atoms with van der Waals surface area (Å²) in [7, 11) is 3.60. The highest BCUT2D eigenvalue weighted by molar-refractivity contribution is 7.02. The lowest BCUT2D eigenvalue weighted by atomic mass is 10.1. The van der Waals surface area contributed by atoms with E-state index in [1.807, 2.05) is 0 Å². The smallest absolute Gasteiger partial charge is 0.0271 e. The molecule has 0 spiro atoms. The molecule has 13 heavy (non-hydrogen) atoms. The summed E-state index contributed by atoms with van der Waals surface area (Å²) in [4.78, 5) is 0. The van der Waals surface area contributed by atoms with Crippen molar-refractivity contribution in [3.8, 4) is 0 Å². The van der Waals surface area contributed by atoms with Crippen LogP contribution in [0.4, 0.5) is 0 Å². The minimum absolute atomic E-state index is 0.130. The molecule has 0 amide bonds. The maximum absolute atomic E-state index is 3.73. The molecule has 0 aliphatic rings. The summed E-state index contributed by atoms with van der Waals surface area (Å²) in [5, 5.41) is 0. The lowest BCUT2D eigenvalue weighted by Gasteiger charge is -2.02. The summed E-state index contributed by atoms with van der Waals surface area (Å²) < 4.78 is 0. The molecule has 0 aromatic carbocycles. The fraction of sp³-hybridized carbons (Fsp3) is 1.00. The Morgan fingerprint density at radius 3 is 1.77 bits per heavy atom. The van der Waals surface area contributed by atoms with Gasteiger partial charge in [0.25, 0.3) is 0 Å². The molecule has 0 saturated carbocycles. The highest BCUT2D eigenvalue weighted by Gasteiger charge is 1.95. The van der Waals surface area contributed by atoms with Gasteiger partial charge >= 0.3 is 0 Å². The van der Waals surface area contributed by atoms with Crippen LogP contribution >= 0.6 is 0 Å². The standard InChI is InChI=1S/C11H24Si2/c1-3-4-5-6-7-8-9-10-11-13(2)12/h3-11H2,1-2H3. The van der Waals surface area contributed by atoms with Crippen molar-refractivity contribution in [3.63, 3.8) is 0 Å². The Morgan fingerprint density at radius 1 is 0.846 bits per heavy atom. The minimum atomic E-state index is -0.130. The van der Waals surface area contributed by atoms with E-state index in [4.69, 9.17) is 0 Å². The van der Waals surface area contributed by atoms with Crippen LogP contribution in [-0.2, 0) is 0 Å². The molecule has 2 heteroatoms.